The summed E-state index contributed by atoms with van der Waals surface area (Å²) < 4.78 is 0. The summed E-state index contributed by atoms with van der Waals surface area (Å²) in [4.78, 5) is 0. The Morgan fingerprint density at radius 2 is 1.25 bits per heavy atom. The van der Waals surface area contributed by atoms with Gasteiger partial charge in [0.1, 0.15) is 0 Å². The predicted molar refractivity (Wildman–Crippen MR) is 106 cm³/mol. The first-order chi connectivity index (χ1) is 11.5. The van der Waals surface area contributed by atoms with Crippen molar-refractivity contribution in [1.82, 2.24) is 0 Å². The van der Waals surface area contributed by atoms with E-state index in [2.05, 4.69) is 46.4 Å². The number of rotatable bonds is 3. The van der Waals surface area contributed by atoms with Crippen LogP contribution >= 0.6 is 0 Å². The predicted octanol–water partition coefficient (Wildman–Crippen LogP) is 7.26. The van der Waals surface area contributed by atoms with Gasteiger partial charge in [-0.2, -0.15) is 0 Å². The fourth-order valence-corrected chi connectivity index (χ4v) is 5.15. The van der Waals surface area contributed by atoms with Crippen LogP contribution in [-0.2, 0) is 0 Å². The maximum absolute atomic E-state index is 4.51. The third-order valence-corrected chi connectivity index (χ3v) is 7.29. The summed E-state index contributed by atoms with van der Waals surface area (Å²) in [5, 5.41) is 0. The molecule has 0 aromatic heterocycles. The average Bonchev–Trinajstić information content (AvgIpc) is 2.59. The zero-order valence-electron chi connectivity index (χ0n) is 16.3. The van der Waals surface area contributed by atoms with Crippen molar-refractivity contribution in [2.45, 2.75) is 79.1 Å². The van der Waals surface area contributed by atoms with Gasteiger partial charge in [0.05, 0.1) is 0 Å². The lowest BCUT2D eigenvalue weighted by molar-refractivity contribution is 0.162. The highest BCUT2D eigenvalue weighted by atomic mass is 14.4. The minimum Gasteiger partial charge on any atom is -0.0950 e. The minimum absolute atomic E-state index is 0.713. The zero-order valence-corrected chi connectivity index (χ0v) is 16.3. The molecule has 132 valence electrons. The largest absolute Gasteiger partial charge is 0.0950 e. The third kappa shape index (κ3) is 3.79. The maximum atomic E-state index is 4.51. The van der Waals surface area contributed by atoms with Gasteiger partial charge in [-0.3, -0.25) is 0 Å². The molecule has 2 aliphatic carbocycles. The van der Waals surface area contributed by atoms with E-state index in [0.29, 0.717) is 5.92 Å². The van der Waals surface area contributed by atoms with Gasteiger partial charge in [-0.25, -0.2) is 0 Å². The molecule has 2 saturated carbocycles. The Bertz CT molecular complexity index is 555. The molecule has 1 aromatic rings. The van der Waals surface area contributed by atoms with Crippen LogP contribution in [0.3, 0.4) is 0 Å². The van der Waals surface area contributed by atoms with E-state index in [9.17, 15) is 0 Å². The normalized spacial score (nSPS) is 31.0. The standard InChI is InChI=1S/C24H36/c1-16-6-8-22(9-7-16)23-12-10-21(11-13-23)20(5)24-14-17(2)19(4)18(3)15-24/h14-16,21-23H,5-13H2,1-4H3. The van der Waals surface area contributed by atoms with Crippen molar-refractivity contribution < 1.29 is 0 Å². The fourth-order valence-electron chi connectivity index (χ4n) is 5.15. The molecule has 3 rings (SSSR count). The SMILES string of the molecule is C=C(c1cc(C)c(C)c(C)c1)C1CCC(C2CCC(C)CC2)CC1. The Morgan fingerprint density at radius 1 is 0.792 bits per heavy atom. The second-order valence-corrected chi connectivity index (χ2v) is 8.89. The quantitative estimate of drug-likeness (QED) is 0.549. The van der Waals surface area contributed by atoms with Crippen LogP contribution in [0.15, 0.2) is 18.7 Å². The van der Waals surface area contributed by atoms with Crippen molar-refractivity contribution >= 4 is 5.57 Å². The lowest BCUT2D eigenvalue weighted by atomic mass is 9.68. The highest BCUT2D eigenvalue weighted by Gasteiger charge is 2.30. The Hall–Kier alpha value is -1.04. The zero-order chi connectivity index (χ0) is 17.3. The summed E-state index contributed by atoms with van der Waals surface area (Å²) in [5.74, 6) is 3.72. The molecule has 0 spiro atoms. The molecule has 0 heterocycles. The molecule has 24 heavy (non-hydrogen) atoms. The molecule has 2 aliphatic rings. The van der Waals surface area contributed by atoms with E-state index in [1.54, 1.807) is 0 Å². The third-order valence-electron chi connectivity index (χ3n) is 7.29. The van der Waals surface area contributed by atoms with E-state index in [1.807, 2.05) is 0 Å². The summed E-state index contributed by atoms with van der Waals surface area (Å²) in [5.41, 5.74) is 7.05. The van der Waals surface area contributed by atoms with Gasteiger partial charge < -0.3 is 0 Å². The maximum Gasteiger partial charge on any atom is -0.0162 e. The first-order valence-electron chi connectivity index (χ1n) is 10.2. The van der Waals surface area contributed by atoms with Gasteiger partial charge in [0.15, 0.2) is 0 Å². The minimum atomic E-state index is 0.713. The summed E-state index contributed by atoms with van der Waals surface area (Å²) >= 11 is 0. The molecular formula is C24H36. The van der Waals surface area contributed by atoms with Crippen LogP contribution in [0.4, 0.5) is 0 Å². The molecule has 0 nitrogen and oxygen atoms in total. The topological polar surface area (TPSA) is 0 Å². The molecule has 0 aliphatic heterocycles. The van der Waals surface area contributed by atoms with Gasteiger partial charge in [-0.1, -0.05) is 38.5 Å². The second kappa shape index (κ2) is 7.46. The van der Waals surface area contributed by atoms with Crippen molar-refractivity contribution in [1.29, 1.82) is 0 Å². The molecule has 0 amide bonds. The highest BCUT2D eigenvalue weighted by Crippen LogP contribution is 2.44. The van der Waals surface area contributed by atoms with E-state index < -0.39 is 0 Å². The number of allylic oxidation sites excluding steroid dienone is 1. The summed E-state index contributed by atoms with van der Waals surface area (Å²) in [6, 6.07) is 4.72. The Kier molecular flexibility index (Phi) is 5.52. The fraction of sp³-hybridized carbons (Fsp3) is 0.667. The van der Waals surface area contributed by atoms with Crippen LogP contribution in [0, 0.1) is 44.4 Å². The van der Waals surface area contributed by atoms with Crippen molar-refractivity contribution in [3.8, 4) is 0 Å². The first kappa shape index (κ1) is 17.8. The number of benzene rings is 1. The average molecular weight is 325 g/mol. The molecule has 0 N–H and O–H groups in total. The van der Waals surface area contributed by atoms with E-state index in [1.165, 1.54) is 79.2 Å². The van der Waals surface area contributed by atoms with E-state index in [4.69, 9.17) is 0 Å². The van der Waals surface area contributed by atoms with Crippen LogP contribution in [0.1, 0.15) is 80.5 Å². The molecule has 0 bridgehead atoms. The van der Waals surface area contributed by atoms with Gasteiger partial charge in [0.25, 0.3) is 0 Å². The number of hydrogen-bond acceptors (Lipinski definition) is 0. The van der Waals surface area contributed by atoms with Crippen LogP contribution in [0.25, 0.3) is 5.57 Å². The lowest BCUT2D eigenvalue weighted by Gasteiger charge is -2.37. The van der Waals surface area contributed by atoms with Crippen molar-refractivity contribution in [3.63, 3.8) is 0 Å². The van der Waals surface area contributed by atoms with Crippen LogP contribution < -0.4 is 0 Å². The summed E-state index contributed by atoms with van der Waals surface area (Å²) in [6.45, 7) is 13.6. The van der Waals surface area contributed by atoms with Crippen LogP contribution in [-0.4, -0.2) is 0 Å². The van der Waals surface area contributed by atoms with Crippen molar-refractivity contribution in [3.05, 3.63) is 41.0 Å². The van der Waals surface area contributed by atoms with Crippen LogP contribution in [0.2, 0.25) is 0 Å². The van der Waals surface area contributed by atoms with Gasteiger partial charge in [0.2, 0.25) is 0 Å². The monoisotopic (exact) mass is 324 g/mol. The Morgan fingerprint density at radius 3 is 1.75 bits per heavy atom. The molecule has 0 heteroatoms. The van der Waals surface area contributed by atoms with Gasteiger partial charge >= 0.3 is 0 Å². The van der Waals surface area contributed by atoms with Crippen molar-refractivity contribution in [2.75, 3.05) is 0 Å². The van der Waals surface area contributed by atoms with Gasteiger partial charge in [0, 0.05) is 0 Å². The summed E-state index contributed by atoms with van der Waals surface area (Å²) in [7, 11) is 0. The van der Waals surface area contributed by atoms with Gasteiger partial charge in [-0.15, -0.1) is 0 Å². The Labute approximate surface area is 149 Å². The molecule has 0 radical (unpaired) electrons. The van der Waals surface area contributed by atoms with Crippen molar-refractivity contribution in [2.24, 2.45) is 23.7 Å². The number of hydrogen-bond donors (Lipinski definition) is 0. The molecular weight excluding hydrogens is 288 g/mol. The van der Waals surface area contributed by atoms with E-state index >= 15 is 0 Å². The van der Waals surface area contributed by atoms with Crippen LogP contribution in [0.5, 0.6) is 0 Å². The highest BCUT2D eigenvalue weighted by molar-refractivity contribution is 5.67. The number of aryl methyl sites for hydroxylation is 2. The first-order valence-corrected chi connectivity index (χ1v) is 10.2. The lowest BCUT2D eigenvalue weighted by Crippen LogP contribution is -2.25. The molecule has 0 unspecified atom stereocenters. The smallest absolute Gasteiger partial charge is 0.0162 e. The molecule has 2 fully saturated rings. The molecule has 0 atom stereocenters. The van der Waals surface area contributed by atoms with E-state index in [-0.39, 0.29) is 0 Å². The van der Waals surface area contributed by atoms with Gasteiger partial charge in [-0.05, 0) is 111 Å². The Balaban J connectivity index is 1.59. The second-order valence-electron chi connectivity index (χ2n) is 8.89. The molecule has 0 saturated heterocycles. The molecule has 1 aromatic carbocycles. The summed E-state index contributed by atoms with van der Waals surface area (Å²) in [6.07, 6.45) is 11.5. The van der Waals surface area contributed by atoms with E-state index in [0.717, 1.165) is 17.8 Å².